The standard InChI is InChI=1S/C13H14FN3O3/c1-17-13(15)7(6-16-17)10-11(18)8(14)5-9-12(10)20-4-2-3-19-9/h5-6,18H,2-4,15H2,1H3. The van der Waals surface area contributed by atoms with Crippen molar-refractivity contribution in [2.75, 3.05) is 18.9 Å². The Morgan fingerprint density at radius 1 is 1.40 bits per heavy atom. The lowest BCUT2D eigenvalue weighted by molar-refractivity contribution is 0.297. The number of aromatic nitrogens is 2. The highest BCUT2D eigenvalue weighted by atomic mass is 19.1. The van der Waals surface area contributed by atoms with Gasteiger partial charge in [-0.3, -0.25) is 4.68 Å². The quantitative estimate of drug-likeness (QED) is 0.829. The molecule has 106 valence electrons. The van der Waals surface area contributed by atoms with E-state index in [0.29, 0.717) is 36.8 Å². The first kappa shape index (κ1) is 12.6. The first-order valence-corrected chi connectivity index (χ1v) is 6.18. The van der Waals surface area contributed by atoms with Crippen LogP contribution in [-0.4, -0.2) is 28.1 Å². The van der Waals surface area contributed by atoms with Gasteiger partial charge in [-0.2, -0.15) is 5.10 Å². The van der Waals surface area contributed by atoms with Crippen LogP contribution in [0, 0.1) is 5.82 Å². The van der Waals surface area contributed by atoms with Gasteiger partial charge in [0.15, 0.2) is 23.1 Å². The highest BCUT2D eigenvalue weighted by molar-refractivity contribution is 5.85. The van der Waals surface area contributed by atoms with Gasteiger partial charge < -0.3 is 20.3 Å². The normalized spacial score (nSPS) is 14.1. The minimum absolute atomic E-state index is 0.174. The molecule has 1 aliphatic heterocycles. The zero-order chi connectivity index (χ0) is 14.3. The minimum Gasteiger partial charge on any atom is -0.504 e. The van der Waals surface area contributed by atoms with Crippen molar-refractivity contribution in [3.05, 3.63) is 18.1 Å². The summed E-state index contributed by atoms with van der Waals surface area (Å²) in [5.41, 5.74) is 6.48. The van der Waals surface area contributed by atoms with Crippen LogP contribution in [0.25, 0.3) is 11.1 Å². The van der Waals surface area contributed by atoms with E-state index in [2.05, 4.69) is 5.10 Å². The molecule has 0 saturated carbocycles. The molecule has 3 rings (SSSR count). The van der Waals surface area contributed by atoms with Gasteiger partial charge in [0, 0.05) is 19.5 Å². The molecule has 0 bridgehead atoms. The van der Waals surface area contributed by atoms with E-state index in [1.807, 2.05) is 0 Å². The van der Waals surface area contributed by atoms with Gasteiger partial charge >= 0.3 is 0 Å². The molecular formula is C13H14FN3O3. The highest BCUT2D eigenvalue weighted by Gasteiger charge is 2.26. The second-order valence-corrected chi connectivity index (χ2v) is 4.53. The summed E-state index contributed by atoms with van der Waals surface area (Å²) in [7, 11) is 1.66. The Bertz CT molecular complexity index is 669. The van der Waals surface area contributed by atoms with Gasteiger partial charge in [0.2, 0.25) is 0 Å². The summed E-state index contributed by atoms with van der Waals surface area (Å²) in [6.07, 6.45) is 2.14. The zero-order valence-corrected chi connectivity index (χ0v) is 10.9. The SMILES string of the molecule is Cn1ncc(-c2c(O)c(F)cc3c2OCCCO3)c1N. The second-order valence-electron chi connectivity index (χ2n) is 4.53. The number of nitrogen functional groups attached to an aromatic ring is 1. The fraction of sp³-hybridized carbons (Fsp3) is 0.308. The van der Waals surface area contributed by atoms with Crippen LogP contribution in [0.4, 0.5) is 10.2 Å². The molecule has 1 aromatic carbocycles. The van der Waals surface area contributed by atoms with Gasteiger partial charge in [0.1, 0.15) is 5.82 Å². The monoisotopic (exact) mass is 279 g/mol. The average molecular weight is 279 g/mol. The third kappa shape index (κ3) is 1.82. The Morgan fingerprint density at radius 3 is 2.85 bits per heavy atom. The van der Waals surface area contributed by atoms with Crippen molar-refractivity contribution in [2.45, 2.75) is 6.42 Å². The zero-order valence-electron chi connectivity index (χ0n) is 10.9. The molecule has 0 aliphatic carbocycles. The lowest BCUT2D eigenvalue weighted by Gasteiger charge is -2.14. The molecule has 6 nitrogen and oxygen atoms in total. The fourth-order valence-electron chi connectivity index (χ4n) is 2.15. The number of fused-ring (bicyclic) bond motifs is 1. The number of anilines is 1. The summed E-state index contributed by atoms with van der Waals surface area (Å²) in [5, 5.41) is 14.0. The summed E-state index contributed by atoms with van der Waals surface area (Å²) in [6.45, 7) is 0.852. The van der Waals surface area contributed by atoms with E-state index in [1.165, 1.54) is 10.9 Å². The molecule has 0 atom stereocenters. The van der Waals surface area contributed by atoms with Crippen molar-refractivity contribution in [3.63, 3.8) is 0 Å². The van der Waals surface area contributed by atoms with Crippen LogP contribution >= 0.6 is 0 Å². The molecule has 0 unspecified atom stereocenters. The Balaban J connectivity index is 2.28. The summed E-state index contributed by atoms with van der Waals surface area (Å²) in [5.74, 6) is -0.445. The van der Waals surface area contributed by atoms with Crippen LogP contribution in [0.1, 0.15) is 6.42 Å². The second kappa shape index (κ2) is 4.59. The molecule has 1 aliphatic rings. The van der Waals surface area contributed by atoms with Gasteiger partial charge in [0.05, 0.1) is 30.5 Å². The number of benzene rings is 1. The van der Waals surface area contributed by atoms with Gasteiger partial charge in [-0.25, -0.2) is 4.39 Å². The molecular weight excluding hydrogens is 265 g/mol. The molecule has 7 heteroatoms. The highest BCUT2D eigenvalue weighted by Crippen LogP contribution is 2.47. The van der Waals surface area contributed by atoms with Crippen LogP contribution in [-0.2, 0) is 7.05 Å². The van der Waals surface area contributed by atoms with E-state index in [9.17, 15) is 9.50 Å². The number of nitrogens with two attached hydrogens (primary N) is 1. The lowest BCUT2D eigenvalue weighted by Crippen LogP contribution is -2.00. The maximum absolute atomic E-state index is 13.9. The van der Waals surface area contributed by atoms with E-state index in [4.69, 9.17) is 15.2 Å². The largest absolute Gasteiger partial charge is 0.504 e. The molecule has 0 radical (unpaired) electrons. The number of halogens is 1. The third-order valence-electron chi connectivity index (χ3n) is 3.22. The van der Waals surface area contributed by atoms with Crippen LogP contribution < -0.4 is 15.2 Å². The first-order chi connectivity index (χ1) is 9.59. The predicted molar refractivity (Wildman–Crippen MR) is 70.3 cm³/mol. The van der Waals surface area contributed by atoms with Crippen molar-refractivity contribution in [2.24, 2.45) is 7.05 Å². The van der Waals surface area contributed by atoms with Crippen molar-refractivity contribution >= 4 is 5.82 Å². The van der Waals surface area contributed by atoms with Crippen molar-refractivity contribution in [1.82, 2.24) is 9.78 Å². The van der Waals surface area contributed by atoms with Crippen LogP contribution in [0.3, 0.4) is 0 Å². The summed E-state index contributed by atoms with van der Waals surface area (Å²) < 4.78 is 26.3. The predicted octanol–water partition coefficient (Wildman–Crippen LogP) is 1.68. The van der Waals surface area contributed by atoms with Crippen LogP contribution in [0.15, 0.2) is 12.3 Å². The number of nitrogens with zero attached hydrogens (tertiary/aromatic N) is 2. The van der Waals surface area contributed by atoms with Gasteiger partial charge in [-0.05, 0) is 0 Å². The number of aromatic hydroxyl groups is 1. The molecule has 0 saturated heterocycles. The molecule has 0 fully saturated rings. The molecule has 0 amide bonds. The number of hydrogen-bond donors (Lipinski definition) is 2. The summed E-state index contributed by atoms with van der Waals surface area (Å²) >= 11 is 0. The molecule has 1 aromatic heterocycles. The number of phenols is 1. The molecule has 3 N–H and O–H groups in total. The van der Waals surface area contributed by atoms with E-state index in [1.54, 1.807) is 7.05 Å². The van der Waals surface area contributed by atoms with Gasteiger partial charge in [0.25, 0.3) is 0 Å². The van der Waals surface area contributed by atoms with E-state index < -0.39 is 11.6 Å². The maximum Gasteiger partial charge on any atom is 0.173 e. The number of ether oxygens (including phenoxy) is 2. The molecule has 0 spiro atoms. The average Bonchev–Trinajstić information content (AvgIpc) is 2.65. The number of phenolic OH excluding ortho intramolecular Hbond substituents is 1. The lowest BCUT2D eigenvalue weighted by atomic mass is 10.0. The third-order valence-corrected chi connectivity index (χ3v) is 3.22. The number of aryl methyl sites for hydroxylation is 1. The minimum atomic E-state index is -0.785. The van der Waals surface area contributed by atoms with Crippen molar-refractivity contribution < 1.29 is 19.0 Å². The van der Waals surface area contributed by atoms with E-state index in [0.717, 1.165) is 6.07 Å². The Hall–Kier alpha value is -2.44. The number of hydrogen-bond acceptors (Lipinski definition) is 5. The Labute approximate surface area is 114 Å². The van der Waals surface area contributed by atoms with Crippen LogP contribution in [0.2, 0.25) is 0 Å². The number of rotatable bonds is 1. The maximum atomic E-state index is 13.9. The smallest absolute Gasteiger partial charge is 0.173 e. The first-order valence-electron chi connectivity index (χ1n) is 6.18. The van der Waals surface area contributed by atoms with Gasteiger partial charge in [-0.15, -0.1) is 0 Å². The summed E-state index contributed by atoms with van der Waals surface area (Å²) in [6, 6.07) is 1.12. The topological polar surface area (TPSA) is 82.5 Å². The molecule has 2 aromatic rings. The molecule has 2 heterocycles. The fourth-order valence-corrected chi connectivity index (χ4v) is 2.15. The van der Waals surface area contributed by atoms with E-state index >= 15 is 0 Å². The van der Waals surface area contributed by atoms with Gasteiger partial charge in [-0.1, -0.05) is 0 Å². The molecule has 20 heavy (non-hydrogen) atoms. The Kier molecular flexibility index (Phi) is 2.89. The van der Waals surface area contributed by atoms with Crippen LogP contribution in [0.5, 0.6) is 17.2 Å². The van der Waals surface area contributed by atoms with Crippen molar-refractivity contribution in [3.8, 4) is 28.4 Å². The van der Waals surface area contributed by atoms with E-state index in [-0.39, 0.29) is 11.3 Å². The summed E-state index contributed by atoms with van der Waals surface area (Å²) in [4.78, 5) is 0. The van der Waals surface area contributed by atoms with Crippen molar-refractivity contribution in [1.29, 1.82) is 0 Å². The Morgan fingerprint density at radius 2 is 2.15 bits per heavy atom.